The molecule has 0 radical (unpaired) electrons. The standard InChI is InChI=1S/C16H17F4NO7S2/c1-2-27-14(22)10-3-5-11(6-4-10)15(21-29(23)24)8-7-13(12(17)9-15)28-30(25,26)16(18,19)20/h3-6,21H,2,7-9H2,1H3,(H,23,24). The second-order valence-corrected chi connectivity index (χ2v) is 8.46. The van der Waals surface area contributed by atoms with Crippen molar-refractivity contribution in [3.05, 3.63) is 47.0 Å². The van der Waals surface area contributed by atoms with Crippen molar-refractivity contribution < 1.29 is 48.5 Å². The smallest absolute Gasteiger partial charge is 0.462 e. The van der Waals surface area contributed by atoms with E-state index < -0.39 is 62.8 Å². The molecule has 2 atom stereocenters. The Morgan fingerprint density at radius 3 is 2.37 bits per heavy atom. The number of benzene rings is 1. The number of allylic oxidation sites excluding steroid dienone is 1. The molecule has 14 heteroatoms. The summed E-state index contributed by atoms with van der Waals surface area (Å²) in [7, 11) is -6.05. The SMILES string of the molecule is CCOC(=O)c1ccc(C2(NS(=O)O)CCC(OS(=O)(=O)C(F)(F)F)=C(F)C2)cc1. The summed E-state index contributed by atoms with van der Waals surface area (Å²) in [5.74, 6) is -2.99. The van der Waals surface area contributed by atoms with Crippen LogP contribution in [-0.2, 0) is 35.8 Å². The molecule has 2 rings (SSSR count). The van der Waals surface area contributed by atoms with Crippen LogP contribution in [0.2, 0.25) is 0 Å². The predicted molar refractivity (Wildman–Crippen MR) is 96.0 cm³/mol. The first-order valence-electron chi connectivity index (χ1n) is 8.36. The van der Waals surface area contributed by atoms with Crippen molar-refractivity contribution in [2.75, 3.05) is 6.61 Å². The molecule has 30 heavy (non-hydrogen) atoms. The van der Waals surface area contributed by atoms with Gasteiger partial charge in [0.15, 0.2) is 5.76 Å². The minimum atomic E-state index is -6.05. The highest BCUT2D eigenvalue weighted by Gasteiger charge is 2.50. The van der Waals surface area contributed by atoms with Crippen molar-refractivity contribution >= 4 is 27.4 Å². The van der Waals surface area contributed by atoms with Crippen LogP contribution in [0.1, 0.15) is 42.1 Å². The average molecular weight is 475 g/mol. The molecule has 0 aliphatic heterocycles. The molecule has 1 aromatic rings. The number of halogens is 4. The molecule has 0 spiro atoms. The number of hydrogen-bond acceptors (Lipinski definition) is 6. The van der Waals surface area contributed by atoms with Gasteiger partial charge in [0.25, 0.3) is 0 Å². The molecule has 2 unspecified atom stereocenters. The third-order valence-electron chi connectivity index (χ3n) is 4.26. The zero-order valence-electron chi connectivity index (χ0n) is 15.4. The maximum Gasteiger partial charge on any atom is 0.534 e. The molecular weight excluding hydrogens is 458 g/mol. The molecule has 0 saturated heterocycles. The van der Waals surface area contributed by atoms with Gasteiger partial charge in [-0.15, -0.1) is 0 Å². The maximum atomic E-state index is 14.5. The van der Waals surface area contributed by atoms with Crippen LogP contribution in [0.4, 0.5) is 17.6 Å². The summed E-state index contributed by atoms with van der Waals surface area (Å²) in [6.45, 7) is 1.74. The highest BCUT2D eigenvalue weighted by molar-refractivity contribution is 7.87. The van der Waals surface area contributed by atoms with Crippen LogP contribution in [0.5, 0.6) is 0 Å². The fourth-order valence-electron chi connectivity index (χ4n) is 2.88. The van der Waals surface area contributed by atoms with Crippen LogP contribution in [0.15, 0.2) is 35.9 Å². The van der Waals surface area contributed by atoms with Gasteiger partial charge in [-0.25, -0.2) is 18.1 Å². The van der Waals surface area contributed by atoms with Gasteiger partial charge >= 0.3 is 21.6 Å². The van der Waals surface area contributed by atoms with Crippen LogP contribution < -0.4 is 4.72 Å². The van der Waals surface area contributed by atoms with Gasteiger partial charge in [-0.05, 0) is 31.0 Å². The van der Waals surface area contributed by atoms with Crippen molar-refractivity contribution in [3.8, 4) is 0 Å². The summed E-state index contributed by atoms with van der Waals surface area (Å²) in [5, 5.41) is 0. The lowest BCUT2D eigenvalue weighted by molar-refractivity contribution is -0.0526. The average Bonchev–Trinajstić information content (AvgIpc) is 2.63. The van der Waals surface area contributed by atoms with E-state index in [0.29, 0.717) is 0 Å². The first kappa shape index (κ1) is 24.2. The minimum Gasteiger partial charge on any atom is -0.462 e. The van der Waals surface area contributed by atoms with Crippen molar-refractivity contribution in [3.63, 3.8) is 0 Å². The number of hydrogen-bond donors (Lipinski definition) is 2. The highest BCUT2D eigenvalue weighted by atomic mass is 32.2. The van der Waals surface area contributed by atoms with Gasteiger partial charge < -0.3 is 8.92 Å². The fraction of sp³-hybridized carbons (Fsp3) is 0.438. The van der Waals surface area contributed by atoms with E-state index >= 15 is 0 Å². The van der Waals surface area contributed by atoms with Crippen LogP contribution in [0.3, 0.4) is 0 Å². The first-order valence-corrected chi connectivity index (χ1v) is 10.9. The van der Waals surface area contributed by atoms with E-state index in [1.165, 1.54) is 24.3 Å². The van der Waals surface area contributed by atoms with Crippen LogP contribution >= 0.6 is 0 Å². The molecule has 168 valence electrons. The largest absolute Gasteiger partial charge is 0.534 e. The lowest BCUT2D eigenvalue weighted by Crippen LogP contribution is -2.45. The Bertz CT molecular complexity index is 961. The van der Waals surface area contributed by atoms with Crippen LogP contribution in [0.25, 0.3) is 0 Å². The third kappa shape index (κ3) is 5.36. The van der Waals surface area contributed by atoms with E-state index in [0.717, 1.165) is 0 Å². The van der Waals surface area contributed by atoms with Crippen molar-refractivity contribution in [1.82, 2.24) is 4.72 Å². The van der Waals surface area contributed by atoms with Gasteiger partial charge in [0, 0.05) is 12.8 Å². The molecule has 0 saturated carbocycles. The molecule has 0 amide bonds. The first-order chi connectivity index (χ1) is 13.8. The quantitative estimate of drug-likeness (QED) is 0.205. The van der Waals surface area contributed by atoms with E-state index in [-0.39, 0.29) is 24.2 Å². The van der Waals surface area contributed by atoms with Gasteiger partial charge in [-0.1, -0.05) is 12.1 Å². The number of carbonyl (C=O) groups is 1. The normalized spacial score (nSPS) is 21.3. The molecular formula is C16H17F4NO7S2. The number of alkyl halides is 3. The summed E-state index contributed by atoms with van der Waals surface area (Å²) >= 11 is -2.65. The molecule has 8 nitrogen and oxygen atoms in total. The monoisotopic (exact) mass is 475 g/mol. The Labute approximate surface area is 171 Å². The van der Waals surface area contributed by atoms with E-state index in [1.807, 2.05) is 0 Å². The molecule has 1 aromatic carbocycles. The van der Waals surface area contributed by atoms with E-state index in [4.69, 9.17) is 4.74 Å². The minimum absolute atomic E-state index is 0.134. The predicted octanol–water partition coefficient (Wildman–Crippen LogP) is 3.02. The summed E-state index contributed by atoms with van der Waals surface area (Å²) < 4.78 is 106. The second-order valence-electron chi connectivity index (χ2n) is 6.22. The Kier molecular flexibility index (Phi) is 7.27. The number of nitrogens with one attached hydrogen (secondary N) is 1. The van der Waals surface area contributed by atoms with Gasteiger partial charge in [0.1, 0.15) is 5.83 Å². The summed E-state index contributed by atoms with van der Waals surface area (Å²) in [4.78, 5) is 11.7. The number of carbonyl (C=O) groups excluding carboxylic acids is 1. The molecule has 0 heterocycles. The van der Waals surface area contributed by atoms with E-state index in [1.54, 1.807) is 6.92 Å². The number of esters is 1. The van der Waals surface area contributed by atoms with Crippen LogP contribution in [0, 0.1) is 0 Å². The molecule has 0 bridgehead atoms. The molecule has 2 N–H and O–H groups in total. The van der Waals surface area contributed by atoms with Crippen molar-refractivity contribution in [2.24, 2.45) is 0 Å². The third-order valence-corrected chi connectivity index (χ3v) is 5.82. The topological polar surface area (TPSA) is 119 Å². The lowest BCUT2D eigenvalue weighted by atomic mass is 9.79. The Morgan fingerprint density at radius 2 is 1.90 bits per heavy atom. The summed E-state index contributed by atoms with van der Waals surface area (Å²) in [6.07, 6.45) is -1.64. The lowest BCUT2D eigenvalue weighted by Gasteiger charge is -2.37. The van der Waals surface area contributed by atoms with Gasteiger partial charge in [0.05, 0.1) is 17.7 Å². The summed E-state index contributed by atoms with van der Waals surface area (Å²) in [5.41, 5.74) is -6.90. The Hall–Kier alpha value is -2.03. The maximum absolute atomic E-state index is 14.5. The number of ether oxygens (including phenoxy) is 1. The summed E-state index contributed by atoms with van der Waals surface area (Å²) in [6, 6.07) is 5.38. The zero-order valence-corrected chi connectivity index (χ0v) is 17.0. The van der Waals surface area contributed by atoms with Crippen molar-refractivity contribution in [1.29, 1.82) is 0 Å². The van der Waals surface area contributed by atoms with E-state index in [2.05, 4.69) is 8.91 Å². The zero-order chi connectivity index (χ0) is 22.7. The van der Waals surface area contributed by atoms with E-state index in [9.17, 15) is 39.5 Å². The Morgan fingerprint density at radius 1 is 1.30 bits per heavy atom. The van der Waals surface area contributed by atoms with Crippen molar-refractivity contribution in [2.45, 2.75) is 37.2 Å². The fourth-order valence-corrected chi connectivity index (χ4v) is 4.04. The van der Waals surface area contributed by atoms with Gasteiger partial charge in [0.2, 0.25) is 11.3 Å². The molecule has 1 aliphatic carbocycles. The van der Waals surface area contributed by atoms with Crippen LogP contribution in [-0.4, -0.2) is 35.3 Å². The molecule has 0 fully saturated rings. The highest BCUT2D eigenvalue weighted by Crippen LogP contribution is 2.42. The molecule has 0 aromatic heterocycles. The number of rotatable bonds is 7. The van der Waals surface area contributed by atoms with Gasteiger partial charge in [-0.2, -0.15) is 21.6 Å². The second kappa shape index (κ2) is 8.99. The molecule has 1 aliphatic rings. The Balaban J connectivity index is 2.37. The van der Waals surface area contributed by atoms with Gasteiger partial charge in [-0.3, -0.25) is 4.55 Å².